The van der Waals surface area contributed by atoms with Gasteiger partial charge < -0.3 is 19.5 Å². The Bertz CT molecular complexity index is 593. The lowest BCUT2D eigenvalue weighted by Crippen LogP contribution is -2.48. The number of halogens is 1. The second-order valence-corrected chi connectivity index (χ2v) is 5.44. The molecule has 1 N–H and O–H groups in total. The number of amides is 3. The molecule has 0 aromatic heterocycles. The van der Waals surface area contributed by atoms with Crippen molar-refractivity contribution in [3.05, 3.63) is 34.9 Å². The van der Waals surface area contributed by atoms with Crippen LogP contribution in [0.25, 0.3) is 0 Å². The number of esters is 1. The second-order valence-electron chi connectivity index (χ2n) is 5.00. The molecule has 3 amide bonds. The van der Waals surface area contributed by atoms with Crippen LogP contribution in [0.3, 0.4) is 0 Å². The largest absolute Gasteiger partial charge is 0.467 e. The number of carbonyl (C=O) groups excluding carboxylic acids is 3. The van der Waals surface area contributed by atoms with Crippen LogP contribution in [0.15, 0.2) is 24.3 Å². The van der Waals surface area contributed by atoms with Gasteiger partial charge in [-0.05, 0) is 17.7 Å². The average Bonchev–Trinajstić information content (AvgIpc) is 2.60. The van der Waals surface area contributed by atoms with Crippen molar-refractivity contribution >= 4 is 29.5 Å². The van der Waals surface area contributed by atoms with Crippen LogP contribution < -0.4 is 5.32 Å². The van der Waals surface area contributed by atoms with E-state index in [2.05, 4.69) is 10.1 Å². The Morgan fingerprint density at radius 1 is 1.20 bits per heavy atom. The molecule has 1 aromatic carbocycles. The molecule has 9 heteroatoms. The number of hydrogen-bond donors (Lipinski definition) is 1. The van der Waals surface area contributed by atoms with Gasteiger partial charge in [-0.1, -0.05) is 23.7 Å². The summed E-state index contributed by atoms with van der Waals surface area (Å²) in [5.74, 6) is -1.25. The summed E-state index contributed by atoms with van der Waals surface area (Å²) < 4.78 is 14.5. The number of ether oxygens (including phenoxy) is 3. The highest BCUT2D eigenvalue weighted by atomic mass is 35.5. The SMILES string of the molecule is COCO[C@@H](CN(C(C)=O)C(=O)NCc1ccc(Cl)cc1)C(=O)OC. The maximum atomic E-state index is 12.3. The van der Waals surface area contributed by atoms with E-state index in [4.69, 9.17) is 21.1 Å². The molecule has 0 aliphatic heterocycles. The predicted molar refractivity (Wildman–Crippen MR) is 89.8 cm³/mol. The molecule has 0 unspecified atom stereocenters. The molecule has 0 bridgehead atoms. The number of methoxy groups -OCH3 is 2. The maximum absolute atomic E-state index is 12.3. The van der Waals surface area contributed by atoms with E-state index >= 15 is 0 Å². The van der Waals surface area contributed by atoms with E-state index in [9.17, 15) is 14.4 Å². The molecule has 138 valence electrons. The standard InChI is InChI=1S/C16H21ClN2O6/c1-11(20)19(9-14(15(21)24-3)25-10-23-2)16(22)18-8-12-4-6-13(17)7-5-12/h4-7,14H,8-10H2,1-3H3,(H,18,22)/t14-/m0/s1. The zero-order valence-electron chi connectivity index (χ0n) is 14.3. The Morgan fingerprint density at radius 3 is 2.36 bits per heavy atom. The summed E-state index contributed by atoms with van der Waals surface area (Å²) in [7, 11) is 2.57. The van der Waals surface area contributed by atoms with Crippen LogP contribution >= 0.6 is 11.6 Å². The van der Waals surface area contributed by atoms with E-state index in [0.717, 1.165) is 10.5 Å². The molecule has 0 aliphatic rings. The van der Waals surface area contributed by atoms with Crippen LogP contribution in [0.2, 0.25) is 5.02 Å². The maximum Gasteiger partial charge on any atom is 0.336 e. The molecule has 0 radical (unpaired) electrons. The Balaban J connectivity index is 2.72. The van der Waals surface area contributed by atoms with Crippen molar-refractivity contribution in [1.82, 2.24) is 10.2 Å². The third kappa shape index (κ3) is 7.08. The first-order valence-corrected chi connectivity index (χ1v) is 7.75. The van der Waals surface area contributed by atoms with Gasteiger partial charge in [-0.2, -0.15) is 0 Å². The van der Waals surface area contributed by atoms with Gasteiger partial charge in [0.15, 0.2) is 6.10 Å². The van der Waals surface area contributed by atoms with E-state index in [1.165, 1.54) is 21.1 Å². The molecule has 0 saturated carbocycles. The van der Waals surface area contributed by atoms with E-state index < -0.39 is 24.0 Å². The van der Waals surface area contributed by atoms with Crippen molar-refractivity contribution < 1.29 is 28.6 Å². The van der Waals surface area contributed by atoms with Crippen LogP contribution in [0.1, 0.15) is 12.5 Å². The minimum absolute atomic E-state index is 0.183. The third-order valence-corrected chi connectivity index (χ3v) is 3.43. The number of urea groups is 1. The summed E-state index contributed by atoms with van der Waals surface area (Å²) in [5, 5.41) is 3.18. The average molecular weight is 373 g/mol. The molecule has 0 heterocycles. The van der Waals surface area contributed by atoms with E-state index in [1.54, 1.807) is 24.3 Å². The van der Waals surface area contributed by atoms with E-state index in [1.807, 2.05) is 0 Å². The van der Waals surface area contributed by atoms with Crippen molar-refractivity contribution in [2.45, 2.75) is 19.6 Å². The lowest BCUT2D eigenvalue weighted by Gasteiger charge is -2.24. The van der Waals surface area contributed by atoms with Gasteiger partial charge in [0, 0.05) is 25.6 Å². The fourth-order valence-corrected chi connectivity index (χ4v) is 2.00. The summed E-state index contributed by atoms with van der Waals surface area (Å²) in [6.45, 7) is 0.934. The summed E-state index contributed by atoms with van der Waals surface area (Å²) >= 11 is 5.80. The minimum Gasteiger partial charge on any atom is -0.467 e. The lowest BCUT2D eigenvalue weighted by atomic mass is 10.2. The number of rotatable bonds is 8. The molecule has 25 heavy (non-hydrogen) atoms. The molecule has 0 spiro atoms. The molecular weight excluding hydrogens is 352 g/mol. The first-order chi connectivity index (χ1) is 11.9. The number of imide groups is 1. The van der Waals surface area contributed by atoms with Gasteiger partial charge in [0.2, 0.25) is 5.91 Å². The number of nitrogens with zero attached hydrogens (tertiary/aromatic N) is 1. The van der Waals surface area contributed by atoms with Gasteiger partial charge in [0.1, 0.15) is 6.79 Å². The molecule has 1 atom stereocenters. The van der Waals surface area contributed by atoms with Crippen molar-refractivity contribution in [3.8, 4) is 0 Å². The second kappa shape index (κ2) is 10.7. The molecule has 0 fully saturated rings. The van der Waals surface area contributed by atoms with Crippen LogP contribution in [0, 0.1) is 0 Å². The summed E-state index contributed by atoms with van der Waals surface area (Å²) in [4.78, 5) is 36.6. The molecule has 0 saturated heterocycles. The number of benzene rings is 1. The minimum atomic E-state index is -1.14. The van der Waals surface area contributed by atoms with Gasteiger partial charge in [-0.15, -0.1) is 0 Å². The quantitative estimate of drug-likeness (QED) is 0.549. The predicted octanol–water partition coefficient (Wildman–Crippen LogP) is 1.56. The van der Waals surface area contributed by atoms with Gasteiger partial charge in [-0.3, -0.25) is 9.69 Å². The summed E-state index contributed by atoms with van der Waals surface area (Å²) in [6.07, 6.45) is -1.14. The number of hydrogen-bond acceptors (Lipinski definition) is 6. The topological polar surface area (TPSA) is 94.2 Å². The van der Waals surface area contributed by atoms with Crippen LogP contribution in [0.4, 0.5) is 4.79 Å². The molecule has 1 rings (SSSR count). The van der Waals surface area contributed by atoms with Crippen molar-refractivity contribution in [2.24, 2.45) is 0 Å². The highest BCUT2D eigenvalue weighted by Crippen LogP contribution is 2.09. The van der Waals surface area contributed by atoms with Gasteiger partial charge in [-0.25, -0.2) is 9.59 Å². The highest BCUT2D eigenvalue weighted by Gasteiger charge is 2.28. The lowest BCUT2D eigenvalue weighted by molar-refractivity contribution is -0.164. The van der Waals surface area contributed by atoms with Crippen molar-refractivity contribution in [1.29, 1.82) is 0 Å². The fourth-order valence-electron chi connectivity index (χ4n) is 1.87. The third-order valence-electron chi connectivity index (χ3n) is 3.18. The molecule has 8 nitrogen and oxygen atoms in total. The van der Waals surface area contributed by atoms with Crippen molar-refractivity contribution in [3.63, 3.8) is 0 Å². The molecule has 1 aromatic rings. The van der Waals surface area contributed by atoms with Crippen molar-refractivity contribution in [2.75, 3.05) is 27.6 Å². The first kappa shape index (κ1) is 20.9. The normalized spacial score (nSPS) is 11.5. The van der Waals surface area contributed by atoms with Gasteiger partial charge >= 0.3 is 12.0 Å². The monoisotopic (exact) mass is 372 g/mol. The van der Waals surface area contributed by atoms with E-state index in [0.29, 0.717) is 5.02 Å². The summed E-state index contributed by atoms with van der Waals surface area (Å²) in [5.41, 5.74) is 0.807. The van der Waals surface area contributed by atoms with Gasteiger partial charge in [0.25, 0.3) is 0 Å². The number of carbonyl (C=O) groups is 3. The zero-order valence-corrected chi connectivity index (χ0v) is 15.0. The van der Waals surface area contributed by atoms with Crippen LogP contribution in [-0.4, -0.2) is 56.5 Å². The molecular formula is C16H21ClN2O6. The summed E-state index contributed by atoms with van der Waals surface area (Å²) in [6, 6.07) is 6.23. The Hall–Kier alpha value is -2.16. The van der Waals surface area contributed by atoms with E-state index in [-0.39, 0.29) is 19.9 Å². The Kier molecular flexibility index (Phi) is 8.90. The zero-order chi connectivity index (χ0) is 18.8. The fraction of sp³-hybridized carbons (Fsp3) is 0.438. The smallest absolute Gasteiger partial charge is 0.336 e. The molecule has 0 aliphatic carbocycles. The highest BCUT2D eigenvalue weighted by molar-refractivity contribution is 6.30. The Labute approximate surface area is 151 Å². The van der Waals surface area contributed by atoms with Gasteiger partial charge in [0.05, 0.1) is 13.7 Å². The van der Waals surface area contributed by atoms with Crippen LogP contribution in [-0.2, 0) is 30.3 Å². The van der Waals surface area contributed by atoms with Crippen LogP contribution in [0.5, 0.6) is 0 Å². The first-order valence-electron chi connectivity index (χ1n) is 7.37. The Morgan fingerprint density at radius 2 is 1.84 bits per heavy atom. The number of nitrogens with one attached hydrogen (secondary N) is 1.